The Labute approximate surface area is 164 Å². The lowest BCUT2D eigenvalue weighted by molar-refractivity contribution is -0.121. The maximum absolute atomic E-state index is 12.4. The van der Waals surface area contributed by atoms with Gasteiger partial charge in [-0.1, -0.05) is 47.7 Å². The van der Waals surface area contributed by atoms with Crippen molar-refractivity contribution >= 4 is 62.0 Å². The predicted octanol–water partition coefficient (Wildman–Crippen LogP) is 3.69. The number of carbonyl (C=O) groups is 1. The first-order chi connectivity index (χ1) is 12.2. The van der Waals surface area contributed by atoms with Gasteiger partial charge in [0.05, 0.1) is 10.7 Å². The zero-order valence-corrected chi connectivity index (χ0v) is 16.3. The van der Waals surface area contributed by atoms with Gasteiger partial charge in [0.1, 0.15) is 15.8 Å². The lowest BCUT2D eigenvalue weighted by atomic mass is 10.2. The molecule has 3 rings (SSSR count). The van der Waals surface area contributed by atoms with Crippen molar-refractivity contribution in [3.63, 3.8) is 0 Å². The van der Waals surface area contributed by atoms with Gasteiger partial charge in [-0.25, -0.2) is 0 Å². The van der Waals surface area contributed by atoms with Crippen LogP contribution in [-0.2, 0) is 14.9 Å². The summed E-state index contributed by atoms with van der Waals surface area (Å²) in [5.41, 5.74) is 0.804. The van der Waals surface area contributed by atoms with Gasteiger partial charge in [0, 0.05) is 23.2 Å². The minimum atomic E-state index is -4.18. The van der Waals surface area contributed by atoms with Gasteiger partial charge in [0.15, 0.2) is 0 Å². The molecule has 0 atom stereocenters. The summed E-state index contributed by atoms with van der Waals surface area (Å²) >= 11 is 12.1. The smallest absolute Gasteiger partial charge is 0.266 e. The third kappa shape index (κ3) is 4.54. The van der Waals surface area contributed by atoms with E-state index in [1.54, 1.807) is 36.4 Å². The van der Waals surface area contributed by atoms with E-state index >= 15 is 0 Å². The van der Waals surface area contributed by atoms with Gasteiger partial charge in [-0.15, -0.1) is 0 Å². The largest absolute Gasteiger partial charge is 0.457 e. The molecule has 0 bridgehead atoms. The fourth-order valence-electron chi connectivity index (χ4n) is 2.26. The number of benzene rings is 1. The highest BCUT2D eigenvalue weighted by atomic mass is 35.5. The summed E-state index contributed by atoms with van der Waals surface area (Å²) in [4.78, 5) is 13.8. The first kappa shape index (κ1) is 19.1. The zero-order valence-electron chi connectivity index (χ0n) is 13.1. The summed E-state index contributed by atoms with van der Waals surface area (Å²) in [6.45, 7) is -0.202. The molecule has 0 spiro atoms. The zero-order chi connectivity index (χ0) is 18.9. The van der Waals surface area contributed by atoms with Crippen molar-refractivity contribution < 1.29 is 22.2 Å². The van der Waals surface area contributed by atoms with Crippen molar-refractivity contribution in [3.8, 4) is 11.3 Å². The Kier molecular flexibility index (Phi) is 5.54. The van der Waals surface area contributed by atoms with Crippen LogP contribution >= 0.6 is 35.6 Å². The minimum Gasteiger partial charge on any atom is -0.457 e. The molecule has 0 aliphatic carbocycles. The van der Waals surface area contributed by atoms with Crippen LogP contribution in [-0.4, -0.2) is 40.4 Å². The van der Waals surface area contributed by atoms with Crippen LogP contribution in [0.5, 0.6) is 0 Å². The number of amides is 1. The molecule has 136 valence electrons. The van der Waals surface area contributed by atoms with Crippen LogP contribution in [0.4, 0.5) is 0 Å². The van der Waals surface area contributed by atoms with E-state index in [9.17, 15) is 13.2 Å². The Balaban J connectivity index is 1.78. The highest BCUT2D eigenvalue weighted by Gasteiger charge is 2.32. The number of thiocarbonyl (C=S) groups is 1. The molecule has 1 N–H and O–H groups in total. The molecule has 1 aromatic heterocycles. The van der Waals surface area contributed by atoms with Crippen molar-refractivity contribution in [3.05, 3.63) is 52.1 Å². The minimum absolute atomic E-state index is 0.202. The molecule has 1 aromatic carbocycles. The number of rotatable bonds is 5. The van der Waals surface area contributed by atoms with Gasteiger partial charge in [-0.2, -0.15) is 8.42 Å². The predicted molar refractivity (Wildman–Crippen MR) is 105 cm³/mol. The first-order valence-electron chi connectivity index (χ1n) is 7.29. The van der Waals surface area contributed by atoms with E-state index < -0.39 is 21.8 Å². The summed E-state index contributed by atoms with van der Waals surface area (Å²) in [6.07, 6.45) is 1.54. The highest BCUT2D eigenvalue weighted by molar-refractivity contribution is 8.26. The lowest BCUT2D eigenvalue weighted by Gasteiger charge is -2.12. The van der Waals surface area contributed by atoms with Gasteiger partial charge in [-0.05, 0) is 24.3 Å². The maximum Gasteiger partial charge on any atom is 0.266 e. The van der Waals surface area contributed by atoms with Gasteiger partial charge in [0.2, 0.25) is 0 Å². The Hall–Kier alpha value is -1.65. The number of furan rings is 1. The molecule has 1 fully saturated rings. The fraction of sp³-hybridized carbons (Fsp3) is 0.125. The van der Waals surface area contributed by atoms with Crippen LogP contribution < -0.4 is 0 Å². The molecule has 1 aliphatic heterocycles. The summed E-state index contributed by atoms with van der Waals surface area (Å²) in [5.74, 6) is 0.0482. The molecule has 2 heterocycles. The van der Waals surface area contributed by atoms with Crippen molar-refractivity contribution in [1.82, 2.24) is 4.90 Å². The van der Waals surface area contributed by atoms with Crippen molar-refractivity contribution in [2.45, 2.75) is 0 Å². The second kappa shape index (κ2) is 7.53. The van der Waals surface area contributed by atoms with Crippen LogP contribution in [0.25, 0.3) is 17.4 Å². The van der Waals surface area contributed by atoms with E-state index in [2.05, 4.69) is 0 Å². The van der Waals surface area contributed by atoms with Gasteiger partial charge in [0.25, 0.3) is 16.0 Å². The van der Waals surface area contributed by atoms with Crippen LogP contribution in [0.1, 0.15) is 5.76 Å². The molecule has 1 saturated heterocycles. The van der Waals surface area contributed by atoms with E-state index in [1.807, 2.05) is 6.07 Å². The molecule has 0 radical (unpaired) electrons. The summed E-state index contributed by atoms with van der Waals surface area (Å²) < 4.78 is 36.5. The molecule has 1 aliphatic rings. The Bertz CT molecular complexity index is 1010. The van der Waals surface area contributed by atoms with E-state index in [4.69, 9.17) is 32.8 Å². The van der Waals surface area contributed by atoms with E-state index in [-0.39, 0.29) is 10.9 Å². The monoisotopic (exact) mass is 429 g/mol. The Morgan fingerprint density at radius 1 is 1.31 bits per heavy atom. The van der Waals surface area contributed by atoms with Crippen LogP contribution in [0, 0.1) is 0 Å². The van der Waals surface area contributed by atoms with Gasteiger partial charge >= 0.3 is 0 Å². The van der Waals surface area contributed by atoms with E-state index in [1.165, 1.54) is 0 Å². The van der Waals surface area contributed by atoms with E-state index in [0.29, 0.717) is 21.4 Å². The first-order valence-corrected chi connectivity index (χ1v) is 10.5. The Morgan fingerprint density at radius 2 is 2.08 bits per heavy atom. The van der Waals surface area contributed by atoms with Crippen LogP contribution in [0.15, 0.2) is 45.7 Å². The summed E-state index contributed by atoms with van der Waals surface area (Å²) in [6, 6.07) is 10.6. The Morgan fingerprint density at radius 3 is 2.77 bits per heavy atom. The lowest BCUT2D eigenvalue weighted by Crippen LogP contribution is -2.32. The molecule has 6 nitrogen and oxygen atoms in total. The summed E-state index contributed by atoms with van der Waals surface area (Å²) in [5, 5.41) is 0.583. The van der Waals surface area contributed by atoms with Crippen molar-refractivity contribution in [1.29, 1.82) is 0 Å². The average Bonchev–Trinajstić information content (AvgIpc) is 3.11. The number of hydrogen-bond acceptors (Lipinski definition) is 6. The molecule has 26 heavy (non-hydrogen) atoms. The highest BCUT2D eigenvalue weighted by Crippen LogP contribution is 2.33. The van der Waals surface area contributed by atoms with Crippen LogP contribution in [0.2, 0.25) is 5.02 Å². The quantitative estimate of drug-likeness (QED) is 0.440. The molecular formula is C16H12ClNO5S3. The van der Waals surface area contributed by atoms with Crippen LogP contribution in [0.3, 0.4) is 0 Å². The van der Waals surface area contributed by atoms with E-state index in [0.717, 1.165) is 22.2 Å². The van der Waals surface area contributed by atoms with Crippen molar-refractivity contribution in [2.24, 2.45) is 0 Å². The molecule has 0 saturated carbocycles. The maximum atomic E-state index is 12.4. The second-order valence-corrected chi connectivity index (χ2v) is 9.02. The standard InChI is InChI=1S/C16H12ClNO5S3/c17-11-3-1-2-10(8-11)13-5-4-12(23-13)9-14-15(19)18(16(24)25-14)6-7-26(20,21)22/h1-5,8-9H,6-7H2,(H,20,21,22)/b14-9+. The molecule has 10 heteroatoms. The second-order valence-electron chi connectivity index (χ2n) is 5.33. The number of halogens is 1. The topological polar surface area (TPSA) is 87.8 Å². The number of thioether (sulfide) groups is 1. The number of nitrogens with zero attached hydrogens (tertiary/aromatic N) is 1. The number of hydrogen-bond donors (Lipinski definition) is 1. The summed E-state index contributed by atoms with van der Waals surface area (Å²) in [7, 11) is -4.18. The third-order valence-electron chi connectivity index (χ3n) is 3.46. The normalized spacial score (nSPS) is 16.7. The molecular weight excluding hydrogens is 418 g/mol. The fourth-order valence-corrected chi connectivity index (χ4v) is 4.15. The molecule has 2 aromatic rings. The van der Waals surface area contributed by atoms with Gasteiger partial charge in [-0.3, -0.25) is 14.2 Å². The third-order valence-corrected chi connectivity index (χ3v) is 5.77. The molecule has 1 amide bonds. The SMILES string of the molecule is O=C1/C(=C\c2ccc(-c3cccc(Cl)c3)o2)SC(=S)N1CCS(=O)(=O)O. The number of carbonyl (C=O) groups excluding carboxylic acids is 1. The average molecular weight is 430 g/mol. The van der Waals surface area contributed by atoms with Crippen molar-refractivity contribution in [2.75, 3.05) is 12.3 Å². The van der Waals surface area contributed by atoms with Gasteiger partial charge < -0.3 is 4.42 Å². The molecule has 0 unspecified atom stereocenters.